The van der Waals surface area contributed by atoms with Crippen molar-refractivity contribution < 1.29 is 13.2 Å². The van der Waals surface area contributed by atoms with E-state index in [1.807, 2.05) is 30.3 Å². The summed E-state index contributed by atoms with van der Waals surface area (Å²) >= 11 is 6.27. The van der Waals surface area contributed by atoms with Crippen molar-refractivity contribution in [2.24, 2.45) is 5.92 Å². The zero-order valence-corrected chi connectivity index (χ0v) is 19.2. The van der Waals surface area contributed by atoms with Crippen LogP contribution in [0.2, 0.25) is 5.02 Å². The maximum absolute atomic E-state index is 13.2. The van der Waals surface area contributed by atoms with Gasteiger partial charge in [-0.3, -0.25) is 4.79 Å². The van der Waals surface area contributed by atoms with Gasteiger partial charge in [-0.2, -0.15) is 4.31 Å². The molecule has 2 aromatic rings. The molecule has 0 aromatic heterocycles. The maximum Gasteiger partial charge on any atom is 0.253 e. The quantitative estimate of drug-likeness (QED) is 0.728. The second kappa shape index (κ2) is 9.18. The number of sulfonamides is 1. The summed E-state index contributed by atoms with van der Waals surface area (Å²) in [5.41, 5.74) is 1.38. The lowest BCUT2D eigenvalue weighted by Gasteiger charge is -2.30. The Morgan fingerprint density at radius 3 is 2.58 bits per heavy atom. The summed E-state index contributed by atoms with van der Waals surface area (Å²) in [6.45, 7) is 4.21. The molecule has 2 fully saturated rings. The van der Waals surface area contributed by atoms with Crippen LogP contribution in [0.5, 0.6) is 0 Å². The first-order valence-corrected chi connectivity index (χ1v) is 12.6. The highest BCUT2D eigenvalue weighted by molar-refractivity contribution is 7.89. The van der Waals surface area contributed by atoms with E-state index in [-0.39, 0.29) is 21.9 Å². The van der Waals surface area contributed by atoms with Gasteiger partial charge in [-0.15, -0.1) is 0 Å². The van der Waals surface area contributed by atoms with E-state index in [4.69, 9.17) is 11.6 Å². The van der Waals surface area contributed by atoms with Crippen molar-refractivity contribution in [3.63, 3.8) is 0 Å². The summed E-state index contributed by atoms with van der Waals surface area (Å²) in [6, 6.07) is 14.6. The average molecular weight is 462 g/mol. The predicted molar refractivity (Wildman–Crippen MR) is 123 cm³/mol. The number of benzene rings is 2. The topological polar surface area (TPSA) is 69.7 Å². The van der Waals surface area contributed by atoms with Crippen LogP contribution in [0.3, 0.4) is 0 Å². The molecule has 4 rings (SSSR count). The Morgan fingerprint density at radius 2 is 1.84 bits per heavy atom. The Balaban J connectivity index is 1.49. The third-order valence-corrected chi connectivity index (χ3v) is 8.38. The maximum atomic E-state index is 13.2. The lowest BCUT2D eigenvalue weighted by Crippen LogP contribution is -2.39. The molecule has 2 saturated heterocycles. The second-order valence-corrected chi connectivity index (χ2v) is 10.8. The molecule has 2 unspecified atom stereocenters. The van der Waals surface area contributed by atoms with Crippen LogP contribution < -0.4 is 5.32 Å². The van der Waals surface area contributed by atoms with Crippen LogP contribution in [-0.4, -0.2) is 55.8 Å². The number of piperidine rings is 1. The summed E-state index contributed by atoms with van der Waals surface area (Å²) in [5, 5.41) is 3.60. The van der Waals surface area contributed by atoms with Gasteiger partial charge in [0.15, 0.2) is 0 Å². The number of rotatable bonds is 5. The number of amides is 1. The molecular formula is C23H28ClN3O3S. The van der Waals surface area contributed by atoms with Gasteiger partial charge < -0.3 is 10.2 Å². The molecular weight excluding hydrogens is 434 g/mol. The van der Waals surface area contributed by atoms with Crippen LogP contribution in [0.15, 0.2) is 53.4 Å². The fourth-order valence-corrected chi connectivity index (χ4v) is 6.45. The highest BCUT2D eigenvalue weighted by Gasteiger charge is 2.32. The van der Waals surface area contributed by atoms with Gasteiger partial charge in [0.05, 0.1) is 5.02 Å². The van der Waals surface area contributed by atoms with E-state index in [0.29, 0.717) is 37.7 Å². The number of nitrogens with one attached hydrogen (secondary N) is 1. The first-order valence-electron chi connectivity index (χ1n) is 10.7. The molecule has 2 aliphatic heterocycles. The van der Waals surface area contributed by atoms with Crippen molar-refractivity contribution in [2.45, 2.75) is 37.1 Å². The minimum absolute atomic E-state index is 0.0206. The third kappa shape index (κ3) is 4.89. The molecule has 2 aliphatic rings. The molecule has 8 heteroatoms. The van der Waals surface area contributed by atoms with Gasteiger partial charge in [-0.1, -0.05) is 36.7 Å². The van der Waals surface area contributed by atoms with Gasteiger partial charge in [0.2, 0.25) is 10.0 Å². The third-order valence-electron chi connectivity index (χ3n) is 6.04. The first-order chi connectivity index (χ1) is 14.8. The molecule has 31 heavy (non-hydrogen) atoms. The van der Waals surface area contributed by atoms with E-state index in [1.165, 1.54) is 16.4 Å². The molecule has 0 spiro atoms. The monoisotopic (exact) mass is 461 g/mol. The highest BCUT2D eigenvalue weighted by Crippen LogP contribution is 2.30. The lowest BCUT2D eigenvalue weighted by atomic mass is 10.0. The van der Waals surface area contributed by atoms with Crippen molar-refractivity contribution in [3.05, 3.63) is 59.1 Å². The van der Waals surface area contributed by atoms with Gasteiger partial charge in [0.25, 0.3) is 5.91 Å². The van der Waals surface area contributed by atoms with Crippen molar-refractivity contribution in [3.8, 4) is 0 Å². The van der Waals surface area contributed by atoms with Crippen LogP contribution >= 0.6 is 11.6 Å². The average Bonchev–Trinajstić information content (AvgIpc) is 3.22. The van der Waals surface area contributed by atoms with Crippen LogP contribution in [0.1, 0.15) is 36.5 Å². The minimum atomic E-state index is -3.74. The van der Waals surface area contributed by atoms with Gasteiger partial charge in [0, 0.05) is 43.5 Å². The summed E-state index contributed by atoms with van der Waals surface area (Å²) in [6.07, 6.45) is 2.69. The molecule has 6 nitrogen and oxygen atoms in total. The fourth-order valence-electron chi connectivity index (χ4n) is 4.35. The van der Waals surface area contributed by atoms with Crippen molar-refractivity contribution in [1.82, 2.24) is 9.21 Å². The Hall–Kier alpha value is -2.09. The molecule has 1 N–H and O–H groups in total. The number of likely N-dealkylation sites (tertiary alicyclic amines) is 1. The second-order valence-electron chi connectivity index (χ2n) is 8.50. The Kier molecular flexibility index (Phi) is 6.55. The summed E-state index contributed by atoms with van der Waals surface area (Å²) < 4.78 is 27.9. The number of carbonyl (C=O) groups is 1. The molecule has 2 atom stereocenters. The SMILES string of the molecule is CC1CCCN(S(=O)(=O)c2cc(C(=O)N3CCC(Nc4ccccc4)C3)ccc2Cl)C1. The van der Waals surface area contributed by atoms with Gasteiger partial charge in [-0.05, 0) is 55.5 Å². The van der Waals surface area contributed by atoms with E-state index in [2.05, 4.69) is 12.2 Å². The zero-order valence-electron chi connectivity index (χ0n) is 17.6. The van der Waals surface area contributed by atoms with E-state index in [9.17, 15) is 13.2 Å². The van der Waals surface area contributed by atoms with Crippen molar-refractivity contribution >= 4 is 33.2 Å². The highest BCUT2D eigenvalue weighted by atomic mass is 35.5. The predicted octanol–water partition coefficient (Wildman–Crippen LogP) is 4.09. The minimum Gasteiger partial charge on any atom is -0.380 e. The number of halogens is 1. The molecule has 0 radical (unpaired) electrons. The number of anilines is 1. The van der Waals surface area contributed by atoms with E-state index < -0.39 is 10.0 Å². The van der Waals surface area contributed by atoms with Crippen molar-refractivity contribution in [1.29, 1.82) is 0 Å². The lowest BCUT2D eigenvalue weighted by molar-refractivity contribution is 0.0791. The summed E-state index contributed by atoms with van der Waals surface area (Å²) in [5.74, 6) is 0.142. The molecule has 166 valence electrons. The Bertz CT molecular complexity index is 1050. The largest absolute Gasteiger partial charge is 0.380 e. The molecule has 0 bridgehead atoms. The molecule has 2 heterocycles. The standard InChI is InChI=1S/C23H28ClN3O3S/c1-17-6-5-12-27(15-17)31(29,30)22-14-18(9-10-21(22)24)23(28)26-13-11-20(16-26)25-19-7-3-2-4-8-19/h2-4,7-10,14,17,20,25H,5-6,11-13,15-16H2,1H3. The Morgan fingerprint density at radius 1 is 1.06 bits per heavy atom. The molecule has 1 amide bonds. The van der Waals surface area contributed by atoms with Crippen LogP contribution in [-0.2, 0) is 10.0 Å². The van der Waals surface area contributed by atoms with Gasteiger partial charge >= 0.3 is 0 Å². The molecule has 2 aromatic carbocycles. The number of hydrogen-bond acceptors (Lipinski definition) is 4. The number of hydrogen-bond donors (Lipinski definition) is 1. The summed E-state index contributed by atoms with van der Waals surface area (Å²) in [7, 11) is -3.74. The number of nitrogens with zero attached hydrogens (tertiary/aromatic N) is 2. The van der Waals surface area contributed by atoms with Gasteiger partial charge in [0.1, 0.15) is 4.90 Å². The first kappa shape index (κ1) is 22.1. The summed E-state index contributed by atoms with van der Waals surface area (Å²) in [4.78, 5) is 14.9. The van der Waals surface area contributed by atoms with Crippen LogP contribution in [0, 0.1) is 5.92 Å². The zero-order chi connectivity index (χ0) is 22.0. The van der Waals surface area contributed by atoms with E-state index in [1.54, 1.807) is 11.0 Å². The van der Waals surface area contributed by atoms with Crippen LogP contribution in [0.25, 0.3) is 0 Å². The fraction of sp³-hybridized carbons (Fsp3) is 0.435. The molecule has 0 aliphatic carbocycles. The van der Waals surface area contributed by atoms with Crippen LogP contribution in [0.4, 0.5) is 5.69 Å². The normalized spacial score (nSPS) is 22.5. The number of para-hydroxylation sites is 1. The van der Waals surface area contributed by atoms with Gasteiger partial charge in [-0.25, -0.2) is 8.42 Å². The smallest absolute Gasteiger partial charge is 0.253 e. The molecule has 0 saturated carbocycles. The van der Waals surface area contributed by atoms with E-state index in [0.717, 1.165) is 24.9 Å². The van der Waals surface area contributed by atoms with Crippen molar-refractivity contribution in [2.75, 3.05) is 31.5 Å². The number of carbonyl (C=O) groups excluding carboxylic acids is 1. The Labute approximate surface area is 189 Å². The van der Waals surface area contributed by atoms with E-state index >= 15 is 0 Å².